The van der Waals surface area contributed by atoms with Crippen LogP contribution in [0.1, 0.15) is 62.9 Å². The summed E-state index contributed by atoms with van der Waals surface area (Å²) in [5, 5.41) is 7.22. The highest BCUT2D eigenvalue weighted by molar-refractivity contribution is 6.02. The first-order valence-electron chi connectivity index (χ1n) is 30.3. The predicted molar refractivity (Wildman–Crippen MR) is 354 cm³/mol. The summed E-state index contributed by atoms with van der Waals surface area (Å²) >= 11 is 0. The number of alkyl carbamates (subject to hydrolysis) is 1. The number of methoxy groups -OCH3 is 6. The van der Waals surface area contributed by atoms with Gasteiger partial charge in [-0.25, -0.2) is 4.79 Å². The second-order valence-electron chi connectivity index (χ2n) is 22.0. The Morgan fingerprint density at radius 2 is 0.663 bits per heavy atom. The van der Waals surface area contributed by atoms with Crippen molar-refractivity contribution in [3.05, 3.63) is 232 Å². The van der Waals surface area contributed by atoms with Crippen molar-refractivity contribution in [1.29, 1.82) is 0 Å². The van der Waals surface area contributed by atoms with Crippen molar-refractivity contribution >= 4 is 27.6 Å². The first-order valence-corrected chi connectivity index (χ1v) is 30.3. The molecule has 0 aliphatic carbocycles. The van der Waals surface area contributed by atoms with Crippen molar-refractivity contribution in [2.75, 3.05) is 55.8 Å². The quantitative estimate of drug-likeness (QED) is 0.0313. The summed E-state index contributed by atoms with van der Waals surface area (Å²) in [5.41, 5.74) is 8.02. The van der Waals surface area contributed by atoms with Gasteiger partial charge in [0, 0.05) is 55.1 Å². The number of ether oxygens (including phenoxy) is 14. The Morgan fingerprint density at radius 3 is 1.12 bits per heavy atom. The van der Waals surface area contributed by atoms with Crippen LogP contribution in [0.4, 0.5) is 4.79 Å². The average molecular weight is 1240 g/mol. The van der Waals surface area contributed by atoms with E-state index in [9.17, 15) is 4.79 Å². The van der Waals surface area contributed by atoms with E-state index in [0.717, 1.165) is 77.4 Å². The molecule has 1 N–H and O–H groups in total. The van der Waals surface area contributed by atoms with E-state index in [-0.39, 0.29) is 46.2 Å². The van der Waals surface area contributed by atoms with Crippen molar-refractivity contribution in [3.8, 4) is 74.7 Å². The second-order valence-corrected chi connectivity index (χ2v) is 22.0. The number of carbonyl (C=O) groups is 1. The van der Waals surface area contributed by atoms with Crippen LogP contribution in [-0.2, 0) is 55.7 Å². The number of carbonyl (C=O) groups excluding carboxylic acids is 1. The van der Waals surface area contributed by atoms with Crippen LogP contribution in [0.25, 0.3) is 21.5 Å². The SMILES string of the molecule is COc1cc(C)cc(COc2cc(COc3cc(COCCCCNC(=O)OCc4c5ccccc5cc5ccccc45)cc(OCc4cc(OCc5cc(OC)cc(OC)c5)cc(Oc5cc(C)cc(OC)c5)c4)c3)cc(OCc3cc(OC)cc(OC)c3)c2)c1. The summed E-state index contributed by atoms with van der Waals surface area (Å²) in [6.07, 6.45) is 0.880. The summed E-state index contributed by atoms with van der Waals surface area (Å²) in [6, 6.07) is 58.5. The Kier molecular flexibility index (Phi) is 22.3. The van der Waals surface area contributed by atoms with Gasteiger partial charge in [-0.15, -0.1) is 0 Å². The van der Waals surface area contributed by atoms with E-state index >= 15 is 0 Å². The van der Waals surface area contributed by atoms with Crippen molar-refractivity contribution in [1.82, 2.24) is 5.32 Å². The molecule has 0 fully saturated rings. The lowest BCUT2D eigenvalue weighted by atomic mass is 9.97. The standard InChI is InChI=1S/C76H77NO15/c1-50-21-52(25-60(22-50)79-3)44-86-68-32-56(33-69(41-68)87-45-54-26-62(81-5)37-63(27-54)82-6)47-88-66-30-53(43-85-20-14-13-19-77-76(78)91-49-75-73-17-11-9-15-58(73)36-59-16-10-12-18-74(59)75)31-67(40-66)89-48-57-34-70(90-46-55-28-64(83-7)38-65(29-55)84-8)42-72(35-57)92-71-24-51(2)23-61(39-71)80-4/h9-12,15-18,21-42H,13-14,19-20,43-49H2,1-8H3,(H,77,78). The molecule has 1 amide bonds. The molecular weight excluding hydrogens is 1170 g/mol. The fourth-order valence-electron chi connectivity index (χ4n) is 10.6. The molecule has 10 rings (SSSR count). The van der Waals surface area contributed by atoms with Crippen LogP contribution >= 0.6 is 0 Å². The zero-order valence-corrected chi connectivity index (χ0v) is 53.2. The predicted octanol–water partition coefficient (Wildman–Crippen LogP) is 16.6. The smallest absolute Gasteiger partial charge is 0.407 e. The van der Waals surface area contributed by atoms with Gasteiger partial charge in [0.2, 0.25) is 0 Å². The molecule has 0 aromatic heterocycles. The van der Waals surface area contributed by atoms with Crippen LogP contribution in [0.15, 0.2) is 182 Å². The van der Waals surface area contributed by atoms with Gasteiger partial charge in [-0.05, 0) is 184 Å². The average Bonchev–Trinajstić information content (AvgIpc) is 0.968. The number of unbranched alkanes of at least 4 members (excludes halogenated alkanes) is 1. The molecule has 476 valence electrons. The Bertz CT molecular complexity index is 4030. The molecule has 0 atom stereocenters. The highest BCUT2D eigenvalue weighted by Gasteiger charge is 2.15. The number of aryl methyl sites for hydroxylation is 2. The maximum absolute atomic E-state index is 13.0. The highest BCUT2D eigenvalue weighted by Crippen LogP contribution is 2.35. The van der Waals surface area contributed by atoms with E-state index in [1.165, 1.54) is 0 Å². The zero-order chi connectivity index (χ0) is 64.2. The summed E-state index contributed by atoms with van der Waals surface area (Å²) in [4.78, 5) is 13.0. The number of amides is 1. The number of rotatable bonds is 32. The van der Waals surface area contributed by atoms with Gasteiger partial charge in [-0.1, -0.05) is 54.6 Å². The molecule has 0 spiro atoms. The number of hydrogen-bond acceptors (Lipinski definition) is 15. The summed E-state index contributed by atoms with van der Waals surface area (Å²) in [5.74, 6) is 7.89. The van der Waals surface area contributed by atoms with Crippen LogP contribution in [0.2, 0.25) is 0 Å². The Balaban J connectivity index is 0.860. The number of benzene rings is 10. The van der Waals surface area contributed by atoms with Gasteiger partial charge in [0.25, 0.3) is 0 Å². The first kappa shape index (κ1) is 64.5. The van der Waals surface area contributed by atoms with Gasteiger partial charge in [0.1, 0.15) is 114 Å². The highest BCUT2D eigenvalue weighted by atomic mass is 16.6. The summed E-state index contributed by atoms with van der Waals surface area (Å²) < 4.78 is 84.5. The van der Waals surface area contributed by atoms with E-state index in [4.69, 9.17) is 66.3 Å². The van der Waals surface area contributed by atoms with Crippen molar-refractivity contribution < 1.29 is 71.1 Å². The molecule has 16 heteroatoms. The van der Waals surface area contributed by atoms with E-state index < -0.39 is 6.09 Å². The van der Waals surface area contributed by atoms with Crippen LogP contribution in [0.3, 0.4) is 0 Å². The molecule has 10 aromatic carbocycles. The van der Waals surface area contributed by atoms with E-state index in [2.05, 4.69) is 41.7 Å². The number of fused-ring (bicyclic) bond motifs is 2. The largest absolute Gasteiger partial charge is 0.497 e. The summed E-state index contributed by atoms with van der Waals surface area (Å²) in [7, 11) is 9.72. The molecule has 10 aromatic rings. The van der Waals surface area contributed by atoms with Crippen LogP contribution < -0.4 is 62.2 Å². The number of hydrogen-bond donors (Lipinski definition) is 1. The third-order valence-corrected chi connectivity index (χ3v) is 15.0. The first-order chi connectivity index (χ1) is 44.9. The van der Waals surface area contributed by atoms with Crippen LogP contribution in [0, 0.1) is 13.8 Å². The number of nitrogens with one attached hydrogen (secondary N) is 1. The molecule has 0 heterocycles. The lowest BCUT2D eigenvalue weighted by Gasteiger charge is -2.16. The monoisotopic (exact) mass is 1240 g/mol. The van der Waals surface area contributed by atoms with Crippen molar-refractivity contribution in [3.63, 3.8) is 0 Å². The fourth-order valence-corrected chi connectivity index (χ4v) is 10.6. The van der Waals surface area contributed by atoms with Gasteiger partial charge < -0.3 is 71.6 Å². The molecule has 0 aliphatic rings. The topological polar surface area (TPSA) is 158 Å². The Morgan fingerprint density at radius 1 is 0.337 bits per heavy atom. The lowest BCUT2D eigenvalue weighted by molar-refractivity contribution is 0.115. The normalized spacial score (nSPS) is 11.0. The molecular formula is C76H77NO15. The maximum atomic E-state index is 13.0. The molecule has 0 unspecified atom stereocenters. The van der Waals surface area contributed by atoms with Gasteiger partial charge in [0.05, 0.1) is 49.3 Å². The van der Waals surface area contributed by atoms with E-state index in [0.29, 0.717) is 95.0 Å². The van der Waals surface area contributed by atoms with Gasteiger partial charge in [-0.3, -0.25) is 0 Å². The molecule has 0 bridgehead atoms. The van der Waals surface area contributed by atoms with Crippen LogP contribution in [0.5, 0.6) is 74.7 Å². The molecule has 0 saturated heterocycles. The molecule has 0 aliphatic heterocycles. The minimum absolute atomic E-state index is 0.126. The van der Waals surface area contributed by atoms with Gasteiger partial charge in [0.15, 0.2) is 0 Å². The summed E-state index contributed by atoms with van der Waals surface area (Å²) in [6.45, 7) is 6.24. The lowest BCUT2D eigenvalue weighted by Crippen LogP contribution is -2.25. The molecule has 0 saturated carbocycles. The fraction of sp³-hybridized carbons (Fsp3) is 0.250. The van der Waals surface area contributed by atoms with Crippen molar-refractivity contribution in [2.45, 2.75) is 72.9 Å². The third kappa shape index (κ3) is 18.3. The second kappa shape index (κ2) is 31.8. The minimum Gasteiger partial charge on any atom is -0.497 e. The van der Waals surface area contributed by atoms with Gasteiger partial charge in [-0.2, -0.15) is 0 Å². The van der Waals surface area contributed by atoms with Crippen molar-refractivity contribution in [2.24, 2.45) is 0 Å². The molecule has 16 nitrogen and oxygen atoms in total. The van der Waals surface area contributed by atoms with Gasteiger partial charge >= 0.3 is 6.09 Å². The minimum atomic E-state index is -0.475. The molecule has 92 heavy (non-hydrogen) atoms. The van der Waals surface area contributed by atoms with E-state index in [1.54, 1.807) is 42.7 Å². The Labute approximate surface area is 537 Å². The Hall–Kier alpha value is -10.5. The molecule has 0 radical (unpaired) electrons. The maximum Gasteiger partial charge on any atom is 0.407 e. The van der Waals surface area contributed by atoms with Crippen LogP contribution in [-0.4, -0.2) is 61.9 Å². The third-order valence-electron chi connectivity index (χ3n) is 15.0. The van der Waals surface area contributed by atoms with E-state index in [1.807, 2.05) is 159 Å². The zero-order valence-electron chi connectivity index (χ0n) is 53.2.